The van der Waals surface area contributed by atoms with Crippen molar-refractivity contribution in [3.63, 3.8) is 0 Å². The van der Waals surface area contributed by atoms with Crippen LogP contribution in [0.15, 0.2) is 0 Å². The molecule has 0 aromatic carbocycles. The van der Waals surface area contributed by atoms with Crippen molar-refractivity contribution >= 4 is 5.97 Å². The fourth-order valence-corrected chi connectivity index (χ4v) is 1.10. The molecule has 0 bridgehead atoms. The quantitative estimate of drug-likeness (QED) is 0.589. The number of carboxylic acid groups (broad SMARTS) is 1. The zero-order valence-electron chi connectivity index (χ0n) is 10.9. The van der Waals surface area contributed by atoms with Crippen molar-refractivity contribution in [1.82, 2.24) is 0 Å². The van der Waals surface area contributed by atoms with Crippen molar-refractivity contribution in [2.45, 2.75) is 41.7 Å². The zero-order chi connectivity index (χ0) is 21.1. The van der Waals surface area contributed by atoms with E-state index >= 15 is 0 Å². The number of hydrogen-bond acceptors (Lipinski definition) is 1. The number of carbonyl (C=O) groups is 1. The van der Waals surface area contributed by atoms with E-state index in [4.69, 9.17) is 5.11 Å². The third kappa shape index (κ3) is 3.18. The third-order valence-electron chi connectivity index (χ3n) is 2.60. The minimum Gasteiger partial charge on any atom is -0.477 e. The molecule has 0 rings (SSSR count). The SMILES string of the molecule is O=C(O)C(F)(F)C(F)(F)C(F)(F)C(F)(F)C(F)(F)C(F)(F)C(F)(F)F.[Cr]. The Morgan fingerprint density at radius 1 is 0.500 bits per heavy atom. The Balaban J connectivity index is 0. The maximum Gasteiger partial charge on any atom is 0.460 e. The molecular formula is C8HCrF15O2. The molecular weight excluding hydrogens is 465 g/mol. The molecule has 0 aliphatic heterocycles. The number of alkyl halides is 15. The van der Waals surface area contributed by atoms with Gasteiger partial charge < -0.3 is 5.11 Å². The van der Waals surface area contributed by atoms with E-state index in [1.165, 1.54) is 0 Å². The first kappa shape index (κ1) is 27.2. The van der Waals surface area contributed by atoms with Crippen LogP contribution in [-0.4, -0.2) is 52.8 Å². The topological polar surface area (TPSA) is 37.3 Å². The van der Waals surface area contributed by atoms with Crippen LogP contribution in [0.25, 0.3) is 0 Å². The van der Waals surface area contributed by atoms with E-state index in [1.54, 1.807) is 0 Å². The monoisotopic (exact) mass is 466 g/mol. The van der Waals surface area contributed by atoms with E-state index in [1.807, 2.05) is 0 Å². The standard InChI is InChI=1S/C8HF15O2.Cr/c9-2(10,1(24)25)3(11,12)4(13,14)5(15,16)6(17,18)7(19,20)8(21,22)23;/h(H,24,25);. The Morgan fingerprint density at radius 2 is 0.731 bits per heavy atom. The summed E-state index contributed by atoms with van der Waals surface area (Å²) in [5.41, 5.74) is 0. The van der Waals surface area contributed by atoms with E-state index in [-0.39, 0.29) is 17.4 Å². The molecule has 0 aromatic heterocycles. The molecule has 0 saturated carbocycles. The van der Waals surface area contributed by atoms with Crippen molar-refractivity contribution in [3.8, 4) is 0 Å². The van der Waals surface area contributed by atoms with E-state index in [0.717, 1.165) is 0 Å². The van der Waals surface area contributed by atoms with Crippen LogP contribution in [0.3, 0.4) is 0 Å². The average molecular weight is 466 g/mol. The first-order valence-electron chi connectivity index (χ1n) is 5.01. The fraction of sp³-hybridized carbons (Fsp3) is 0.875. The van der Waals surface area contributed by atoms with Gasteiger partial charge in [-0.25, -0.2) is 4.79 Å². The Bertz CT molecular complexity index is 536. The van der Waals surface area contributed by atoms with Crippen LogP contribution in [0.4, 0.5) is 65.9 Å². The summed E-state index contributed by atoms with van der Waals surface area (Å²) in [6, 6.07) is 0. The Kier molecular flexibility index (Phi) is 6.83. The van der Waals surface area contributed by atoms with Crippen LogP contribution in [0.1, 0.15) is 0 Å². The predicted octanol–water partition coefficient (Wildman–Crippen LogP) is 4.44. The maximum absolute atomic E-state index is 12.8. The van der Waals surface area contributed by atoms with Crippen molar-refractivity contribution in [3.05, 3.63) is 0 Å². The van der Waals surface area contributed by atoms with Gasteiger partial charge in [0, 0.05) is 17.4 Å². The fourth-order valence-electron chi connectivity index (χ4n) is 1.10. The molecule has 0 radical (unpaired) electrons. The maximum atomic E-state index is 12.8. The van der Waals surface area contributed by atoms with E-state index in [0.29, 0.717) is 0 Å². The summed E-state index contributed by atoms with van der Waals surface area (Å²) in [6.45, 7) is 0. The summed E-state index contributed by atoms with van der Waals surface area (Å²) in [4.78, 5) is 9.72. The summed E-state index contributed by atoms with van der Waals surface area (Å²) in [5, 5.41) is 7.57. The van der Waals surface area contributed by atoms with Gasteiger partial charge in [0.25, 0.3) is 0 Å². The van der Waals surface area contributed by atoms with Crippen molar-refractivity contribution in [1.29, 1.82) is 0 Å². The zero-order valence-corrected chi connectivity index (χ0v) is 12.2. The number of hydrogen-bond donors (Lipinski definition) is 1. The van der Waals surface area contributed by atoms with Crippen molar-refractivity contribution in [2.75, 3.05) is 0 Å². The van der Waals surface area contributed by atoms with Gasteiger partial charge in [0.1, 0.15) is 0 Å². The molecule has 0 amide bonds. The van der Waals surface area contributed by atoms with Crippen molar-refractivity contribution in [2.24, 2.45) is 0 Å². The average Bonchev–Trinajstić information content (AvgIpc) is 2.35. The van der Waals surface area contributed by atoms with Crippen LogP contribution < -0.4 is 0 Å². The second-order valence-corrected chi connectivity index (χ2v) is 4.25. The van der Waals surface area contributed by atoms with E-state index < -0.39 is 47.7 Å². The van der Waals surface area contributed by atoms with Crippen LogP contribution in [-0.2, 0) is 22.2 Å². The van der Waals surface area contributed by atoms with Crippen LogP contribution >= 0.6 is 0 Å². The van der Waals surface area contributed by atoms with Gasteiger partial charge in [-0.2, -0.15) is 65.9 Å². The second kappa shape index (κ2) is 6.53. The van der Waals surface area contributed by atoms with Gasteiger partial charge >= 0.3 is 47.7 Å². The molecule has 0 spiro atoms. The molecule has 26 heavy (non-hydrogen) atoms. The first-order valence-corrected chi connectivity index (χ1v) is 5.01. The molecule has 0 aromatic rings. The molecule has 0 fully saturated rings. The van der Waals surface area contributed by atoms with Gasteiger partial charge in [0.05, 0.1) is 0 Å². The normalized spacial score (nSPS) is 15.5. The number of rotatable bonds is 6. The molecule has 0 aliphatic carbocycles. The van der Waals surface area contributed by atoms with Crippen LogP contribution in [0, 0.1) is 0 Å². The molecule has 1 N–H and O–H groups in total. The number of halogens is 15. The number of aliphatic carboxylic acids is 1. The molecule has 18 heteroatoms. The molecule has 2 nitrogen and oxygen atoms in total. The summed E-state index contributed by atoms with van der Waals surface area (Å²) in [6.07, 6.45) is -7.69. The summed E-state index contributed by atoms with van der Waals surface area (Å²) < 4.78 is 187. The van der Waals surface area contributed by atoms with Crippen LogP contribution in [0.2, 0.25) is 0 Å². The molecule has 0 aliphatic rings. The summed E-state index contributed by atoms with van der Waals surface area (Å²) in [7, 11) is 0. The molecule has 0 saturated heterocycles. The van der Waals surface area contributed by atoms with E-state index in [9.17, 15) is 70.7 Å². The predicted molar refractivity (Wildman–Crippen MR) is 43.4 cm³/mol. The molecule has 0 heterocycles. The third-order valence-corrected chi connectivity index (χ3v) is 2.60. The Labute approximate surface area is 142 Å². The minimum atomic E-state index is -8.47. The van der Waals surface area contributed by atoms with Gasteiger partial charge in [-0.15, -0.1) is 0 Å². The molecule has 0 atom stereocenters. The first-order chi connectivity index (χ1) is 10.4. The second-order valence-electron chi connectivity index (χ2n) is 4.25. The molecule has 0 unspecified atom stereocenters. The van der Waals surface area contributed by atoms with Gasteiger partial charge in [-0.05, 0) is 0 Å². The Hall–Kier alpha value is -1.05. The van der Waals surface area contributed by atoms with E-state index in [2.05, 4.69) is 0 Å². The minimum absolute atomic E-state index is 0. The summed E-state index contributed by atoms with van der Waals surface area (Å²) >= 11 is 0. The van der Waals surface area contributed by atoms with Gasteiger partial charge in [-0.1, -0.05) is 0 Å². The van der Waals surface area contributed by atoms with Crippen molar-refractivity contribution < 1.29 is 93.1 Å². The summed E-state index contributed by atoms with van der Waals surface area (Å²) in [5.74, 6) is -52.8. The van der Waals surface area contributed by atoms with Gasteiger partial charge in [0.2, 0.25) is 0 Å². The van der Waals surface area contributed by atoms with Gasteiger partial charge in [-0.3, -0.25) is 0 Å². The van der Waals surface area contributed by atoms with Crippen LogP contribution in [0.5, 0.6) is 0 Å². The Morgan fingerprint density at radius 3 is 0.962 bits per heavy atom. The smallest absolute Gasteiger partial charge is 0.460 e. The number of carboxylic acids is 1. The molecule has 156 valence electrons. The van der Waals surface area contributed by atoms with Gasteiger partial charge in [0.15, 0.2) is 0 Å². The largest absolute Gasteiger partial charge is 0.477 e.